The number of rotatable bonds is 6. The summed E-state index contributed by atoms with van der Waals surface area (Å²) < 4.78 is 51.0. The number of carbonyl (C=O) groups excluding carboxylic acids is 2. The zero-order valence-corrected chi connectivity index (χ0v) is 12.9. The maximum atomic E-state index is 13.1. The van der Waals surface area contributed by atoms with Gasteiger partial charge in [-0.1, -0.05) is 12.1 Å². The van der Waals surface area contributed by atoms with Gasteiger partial charge in [-0.3, -0.25) is 9.59 Å². The Kier molecular flexibility index (Phi) is 5.58. The summed E-state index contributed by atoms with van der Waals surface area (Å²) in [5.74, 6) is -1.05. The Bertz CT molecular complexity index is 610. The Labute approximate surface area is 136 Å². The van der Waals surface area contributed by atoms with Crippen molar-refractivity contribution in [2.75, 3.05) is 19.8 Å². The predicted molar refractivity (Wildman–Crippen MR) is 79.3 cm³/mol. The predicted octanol–water partition coefficient (Wildman–Crippen LogP) is 2.49. The Morgan fingerprint density at radius 1 is 1.25 bits per heavy atom. The number of Topliss-reactive ketones (excluding diaryl/α,β-unsaturated/α-hetero) is 1. The van der Waals surface area contributed by atoms with E-state index in [4.69, 9.17) is 0 Å². The number of carbonyl (C=O) groups is 2. The quantitative estimate of drug-likeness (QED) is 0.615. The normalized spacial score (nSPS) is 20.8. The molecule has 0 saturated carbocycles. The highest BCUT2D eigenvalue weighted by atomic mass is 19.4. The van der Waals surface area contributed by atoms with Crippen molar-refractivity contribution in [1.29, 1.82) is 0 Å². The lowest BCUT2D eigenvalue weighted by Gasteiger charge is -2.26. The fourth-order valence-electron chi connectivity index (χ4n) is 2.60. The first-order valence-electron chi connectivity index (χ1n) is 7.54. The van der Waals surface area contributed by atoms with Gasteiger partial charge in [-0.15, -0.1) is 0 Å². The van der Waals surface area contributed by atoms with Gasteiger partial charge in [0.05, 0.1) is 11.1 Å². The highest BCUT2D eigenvalue weighted by Crippen LogP contribution is 2.29. The maximum Gasteiger partial charge on any atom is 0.416 e. The largest absolute Gasteiger partial charge is 0.416 e. The van der Waals surface area contributed by atoms with Gasteiger partial charge in [0.25, 0.3) is 0 Å². The first kappa shape index (κ1) is 18.4. The van der Waals surface area contributed by atoms with Gasteiger partial charge >= 0.3 is 6.18 Å². The van der Waals surface area contributed by atoms with Crippen molar-refractivity contribution in [1.82, 2.24) is 10.6 Å². The number of benzene rings is 1. The first-order valence-corrected chi connectivity index (χ1v) is 7.54. The Balaban J connectivity index is 1.92. The molecule has 24 heavy (non-hydrogen) atoms. The molecule has 1 aliphatic rings. The maximum absolute atomic E-state index is 13.1. The van der Waals surface area contributed by atoms with Crippen molar-refractivity contribution in [3.05, 3.63) is 35.4 Å². The molecule has 2 N–H and O–H groups in total. The number of hydrogen-bond acceptors (Lipinski definition) is 3. The van der Waals surface area contributed by atoms with E-state index in [1.165, 1.54) is 6.07 Å². The second-order valence-electron chi connectivity index (χ2n) is 5.89. The van der Waals surface area contributed by atoms with Crippen LogP contribution in [0, 0.1) is 0 Å². The lowest BCUT2D eigenvalue weighted by atomic mass is 9.99. The van der Waals surface area contributed by atoms with Gasteiger partial charge in [-0.2, -0.15) is 13.2 Å². The van der Waals surface area contributed by atoms with Crippen LogP contribution in [0.2, 0.25) is 0 Å². The second-order valence-corrected chi connectivity index (χ2v) is 5.89. The molecule has 1 heterocycles. The zero-order chi connectivity index (χ0) is 17.8. The molecule has 1 amide bonds. The monoisotopic (exact) mass is 346 g/mol. The third-order valence-corrected chi connectivity index (χ3v) is 4.00. The van der Waals surface area contributed by atoms with Crippen LogP contribution in [0.1, 0.15) is 35.2 Å². The van der Waals surface area contributed by atoms with Gasteiger partial charge in [0.2, 0.25) is 5.91 Å². The van der Waals surface area contributed by atoms with Crippen LogP contribution in [0.25, 0.3) is 0 Å². The molecular formula is C16H18F4N2O2. The summed E-state index contributed by atoms with van der Waals surface area (Å²) in [4.78, 5) is 23.9. The van der Waals surface area contributed by atoms with E-state index in [0.29, 0.717) is 19.5 Å². The molecule has 0 aromatic heterocycles. The zero-order valence-electron chi connectivity index (χ0n) is 12.9. The highest BCUT2D eigenvalue weighted by Gasteiger charge is 2.35. The number of alkyl halides is 4. The van der Waals surface area contributed by atoms with E-state index in [2.05, 4.69) is 10.6 Å². The van der Waals surface area contributed by atoms with Crippen LogP contribution in [0.3, 0.4) is 0 Å². The van der Waals surface area contributed by atoms with Crippen molar-refractivity contribution in [2.45, 2.75) is 31.0 Å². The standard InChI is InChI=1S/C16H18F4N2O2/c17-9-15(6-7-21-10-15)22-14(24)5-4-13(23)11-2-1-3-12(8-11)16(18,19)20/h1-3,8,21H,4-7,9-10H2,(H,22,24). The lowest BCUT2D eigenvalue weighted by molar-refractivity contribution is -0.137. The lowest BCUT2D eigenvalue weighted by Crippen LogP contribution is -2.51. The Hall–Kier alpha value is -1.96. The van der Waals surface area contributed by atoms with E-state index in [-0.39, 0.29) is 18.4 Å². The van der Waals surface area contributed by atoms with Crippen LogP contribution in [-0.4, -0.2) is 37.0 Å². The van der Waals surface area contributed by atoms with Crippen LogP contribution in [0.15, 0.2) is 24.3 Å². The third-order valence-electron chi connectivity index (χ3n) is 4.00. The topological polar surface area (TPSA) is 58.2 Å². The van der Waals surface area contributed by atoms with Crippen molar-refractivity contribution in [2.24, 2.45) is 0 Å². The summed E-state index contributed by atoms with van der Waals surface area (Å²) in [6, 6.07) is 4.07. The van der Waals surface area contributed by atoms with Crippen LogP contribution in [-0.2, 0) is 11.0 Å². The summed E-state index contributed by atoms with van der Waals surface area (Å²) in [6.07, 6.45) is -4.51. The van der Waals surface area contributed by atoms with Gasteiger partial charge in [0.15, 0.2) is 5.78 Å². The molecule has 1 unspecified atom stereocenters. The molecule has 0 radical (unpaired) electrons. The average Bonchev–Trinajstić information content (AvgIpc) is 3.01. The van der Waals surface area contributed by atoms with Gasteiger partial charge in [-0.25, -0.2) is 4.39 Å². The SMILES string of the molecule is O=C(CCC(=O)c1cccc(C(F)(F)F)c1)NC1(CF)CCNC1. The highest BCUT2D eigenvalue weighted by molar-refractivity contribution is 5.98. The molecule has 8 heteroatoms. The molecule has 1 fully saturated rings. The molecule has 4 nitrogen and oxygen atoms in total. The van der Waals surface area contributed by atoms with Gasteiger partial charge in [0, 0.05) is 24.9 Å². The number of halogens is 4. The molecular weight excluding hydrogens is 328 g/mol. The number of nitrogens with one attached hydrogen (secondary N) is 2. The molecule has 2 rings (SSSR count). The van der Waals surface area contributed by atoms with Gasteiger partial charge in [-0.05, 0) is 25.1 Å². The minimum absolute atomic E-state index is 0.0969. The summed E-state index contributed by atoms with van der Waals surface area (Å²) in [6.45, 7) is 0.192. The van der Waals surface area contributed by atoms with Crippen molar-refractivity contribution in [3.63, 3.8) is 0 Å². The molecule has 1 aromatic carbocycles. The van der Waals surface area contributed by atoms with Crippen LogP contribution in [0.5, 0.6) is 0 Å². The van der Waals surface area contributed by atoms with E-state index in [0.717, 1.165) is 18.2 Å². The fourth-order valence-corrected chi connectivity index (χ4v) is 2.60. The van der Waals surface area contributed by atoms with Gasteiger partial charge < -0.3 is 10.6 Å². The number of hydrogen-bond donors (Lipinski definition) is 2. The Morgan fingerprint density at radius 2 is 2.00 bits per heavy atom. The number of amides is 1. The van der Waals surface area contributed by atoms with Crippen molar-refractivity contribution >= 4 is 11.7 Å². The van der Waals surface area contributed by atoms with E-state index < -0.39 is 35.6 Å². The fraction of sp³-hybridized carbons (Fsp3) is 0.500. The minimum atomic E-state index is -4.53. The van der Waals surface area contributed by atoms with Crippen molar-refractivity contribution in [3.8, 4) is 0 Å². The van der Waals surface area contributed by atoms with E-state index in [1.54, 1.807) is 0 Å². The smallest absolute Gasteiger partial charge is 0.347 e. The van der Waals surface area contributed by atoms with Crippen LogP contribution < -0.4 is 10.6 Å². The minimum Gasteiger partial charge on any atom is -0.347 e. The summed E-state index contributed by atoms with van der Waals surface area (Å²) in [7, 11) is 0. The molecule has 0 spiro atoms. The van der Waals surface area contributed by atoms with E-state index in [9.17, 15) is 27.2 Å². The summed E-state index contributed by atoms with van der Waals surface area (Å²) >= 11 is 0. The molecule has 1 saturated heterocycles. The third kappa shape index (κ3) is 4.53. The van der Waals surface area contributed by atoms with Gasteiger partial charge in [0.1, 0.15) is 6.67 Å². The van der Waals surface area contributed by atoms with E-state index >= 15 is 0 Å². The molecule has 1 aromatic rings. The second kappa shape index (κ2) is 7.29. The molecule has 132 valence electrons. The Morgan fingerprint density at radius 3 is 2.58 bits per heavy atom. The van der Waals surface area contributed by atoms with Crippen molar-refractivity contribution < 1.29 is 27.2 Å². The number of ketones is 1. The first-order chi connectivity index (χ1) is 11.3. The molecule has 1 aliphatic heterocycles. The molecule has 0 aliphatic carbocycles. The van der Waals surface area contributed by atoms with Crippen LogP contribution >= 0.6 is 0 Å². The van der Waals surface area contributed by atoms with Crippen LogP contribution in [0.4, 0.5) is 17.6 Å². The average molecular weight is 346 g/mol. The summed E-state index contributed by atoms with van der Waals surface area (Å²) in [5, 5.41) is 5.53. The molecule has 1 atom stereocenters. The van der Waals surface area contributed by atoms with E-state index in [1.807, 2.05) is 0 Å². The molecule has 0 bridgehead atoms. The summed E-state index contributed by atoms with van der Waals surface area (Å²) in [5.41, 5.74) is -1.96.